The van der Waals surface area contributed by atoms with Gasteiger partial charge in [0.15, 0.2) is 0 Å². The van der Waals surface area contributed by atoms with Gasteiger partial charge in [-0.2, -0.15) is 17.9 Å². The molecule has 1 rings (SSSR count). The lowest BCUT2D eigenvalue weighted by molar-refractivity contribution is -0.00193. The molecule has 0 spiro atoms. The number of rotatable bonds is 4. The van der Waals surface area contributed by atoms with Crippen LogP contribution in [0.4, 0.5) is 0 Å². The fourth-order valence-electron chi connectivity index (χ4n) is 2.14. The van der Waals surface area contributed by atoms with E-state index in [9.17, 15) is 13.5 Å². The van der Waals surface area contributed by atoms with Gasteiger partial charge in [-0.1, -0.05) is 6.92 Å². The van der Waals surface area contributed by atoms with E-state index < -0.39 is 21.3 Å². The maximum absolute atomic E-state index is 11.8. The summed E-state index contributed by atoms with van der Waals surface area (Å²) in [7, 11) is -3.55. The summed E-state index contributed by atoms with van der Waals surface area (Å²) in [5, 5.41) is 10.3. The normalized spacial score (nSPS) is 30.4. The smallest absolute Gasteiger partial charge is 0.277 e. The zero-order valence-corrected chi connectivity index (χ0v) is 12.6. The van der Waals surface area contributed by atoms with Crippen LogP contribution in [0.1, 0.15) is 53.4 Å². The van der Waals surface area contributed by atoms with E-state index >= 15 is 0 Å². The standard InChI is InChI=1S/C12H26N2O3S/c1-10-5-7-12(15,8-6-10)9-13-18(16,17)14-11(2,3)4/h10,13-15H,5-9H2,1-4H3. The molecule has 0 aromatic rings. The van der Waals surface area contributed by atoms with E-state index in [1.165, 1.54) is 0 Å². The van der Waals surface area contributed by atoms with Crippen molar-refractivity contribution in [3.63, 3.8) is 0 Å². The van der Waals surface area contributed by atoms with Crippen LogP contribution in [0.25, 0.3) is 0 Å². The van der Waals surface area contributed by atoms with Gasteiger partial charge >= 0.3 is 0 Å². The summed E-state index contributed by atoms with van der Waals surface area (Å²) in [5.74, 6) is 0.620. The third-order valence-corrected chi connectivity index (χ3v) is 4.64. The molecule has 0 radical (unpaired) electrons. The van der Waals surface area contributed by atoms with Crippen LogP contribution in [0, 0.1) is 5.92 Å². The molecular formula is C12H26N2O3S. The average molecular weight is 278 g/mol. The second-order valence-corrected chi connectivity index (χ2v) is 8.08. The largest absolute Gasteiger partial charge is 0.389 e. The molecule has 0 aromatic heterocycles. The van der Waals surface area contributed by atoms with Gasteiger partial charge in [0.05, 0.1) is 5.60 Å². The molecule has 18 heavy (non-hydrogen) atoms. The molecule has 0 heterocycles. The first kappa shape index (κ1) is 15.9. The summed E-state index contributed by atoms with van der Waals surface area (Å²) in [6, 6.07) is 0. The maximum atomic E-state index is 11.8. The fourth-order valence-corrected chi connectivity index (χ4v) is 3.48. The molecule has 108 valence electrons. The van der Waals surface area contributed by atoms with Gasteiger partial charge in [0, 0.05) is 12.1 Å². The molecule has 5 nitrogen and oxygen atoms in total. The summed E-state index contributed by atoms with van der Waals surface area (Å²) in [6.07, 6.45) is 3.22. The van der Waals surface area contributed by atoms with Crippen molar-refractivity contribution in [3.8, 4) is 0 Å². The SMILES string of the molecule is CC1CCC(O)(CNS(=O)(=O)NC(C)(C)C)CC1. The molecule has 3 N–H and O–H groups in total. The Morgan fingerprint density at radius 2 is 1.78 bits per heavy atom. The summed E-state index contributed by atoms with van der Waals surface area (Å²) in [5.41, 5.74) is -1.41. The van der Waals surface area contributed by atoms with Crippen LogP contribution in [0.15, 0.2) is 0 Å². The predicted octanol–water partition coefficient (Wildman–Crippen LogP) is 1.15. The van der Waals surface area contributed by atoms with Crippen LogP contribution in [-0.2, 0) is 10.2 Å². The van der Waals surface area contributed by atoms with Crippen molar-refractivity contribution < 1.29 is 13.5 Å². The molecule has 1 aliphatic rings. The van der Waals surface area contributed by atoms with Crippen molar-refractivity contribution in [1.82, 2.24) is 9.44 Å². The zero-order chi connectivity index (χ0) is 14.0. The minimum Gasteiger partial charge on any atom is -0.389 e. The van der Waals surface area contributed by atoms with E-state index in [2.05, 4.69) is 16.4 Å². The van der Waals surface area contributed by atoms with Crippen LogP contribution < -0.4 is 9.44 Å². The van der Waals surface area contributed by atoms with E-state index in [1.807, 2.05) is 0 Å². The van der Waals surface area contributed by atoms with Crippen molar-refractivity contribution in [2.24, 2.45) is 5.92 Å². The van der Waals surface area contributed by atoms with Crippen molar-refractivity contribution in [2.45, 2.75) is 64.5 Å². The quantitative estimate of drug-likeness (QED) is 0.722. The van der Waals surface area contributed by atoms with Crippen LogP contribution in [0.5, 0.6) is 0 Å². The molecule has 0 bridgehead atoms. The van der Waals surface area contributed by atoms with Crippen molar-refractivity contribution in [1.29, 1.82) is 0 Å². The summed E-state index contributed by atoms with van der Waals surface area (Å²) < 4.78 is 28.5. The van der Waals surface area contributed by atoms with Gasteiger partial charge in [-0.25, -0.2) is 0 Å². The highest BCUT2D eigenvalue weighted by molar-refractivity contribution is 7.87. The molecule has 1 fully saturated rings. The lowest BCUT2D eigenvalue weighted by Crippen LogP contribution is -2.52. The van der Waals surface area contributed by atoms with Gasteiger partial charge in [-0.05, 0) is 52.4 Å². The van der Waals surface area contributed by atoms with Crippen LogP contribution in [0.3, 0.4) is 0 Å². The van der Waals surface area contributed by atoms with Gasteiger partial charge in [-0.15, -0.1) is 0 Å². The minimum absolute atomic E-state index is 0.0884. The predicted molar refractivity (Wildman–Crippen MR) is 72.4 cm³/mol. The third-order valence-electron chi connectivity index (χ3n) is 3.24. The van der Waals surface area contributed by atoms with Crippen LogP contribution in [-0.4, -0.2) is 31.2 Å². The van der Waals surface area contributed by atoms with Crippen LogP contribution in [0.2, 0.25) is 0 Å². The van der Waals surface area contributed by atoms with E-state index in [-0.39, 0.29) is 6.54 Å². The molecule has 0 amide bonds. The number of hydrogen-bond donors (Lipinski definition) is 3. The molecule has 0 aromatic carbocycles. The summed E-state index contributed by atoms with van der Waals surface area (Å²) in [6.45, 7) is 7.59. The van der Waals surface area contributed by atoms with Gasteiger partial charge in [0.25, 0.3) is 10.2 Å². The Hall–Kier alpha value is -0.170. The first-order chi connectivity index (χ1) is 8.02. The Bertz CT molecular complexity index is 365. The van der Waals surface area contributed by atoms with E-state index in [1.54, 1.807) is 20.8 Å². The Balaban J connectivity index is 2.49. The molecule has 1 saturated carbocycles. The van der Waals surface area contributed by atoms with Gasteiger partial charge in [0.2, 0.25) is 0 Å². The number of nitrogens with one attached hydrogen (secondary N) is 2. The van der Waals surface area contributed by atoms with E-state index in [0.29, 0.717) is 18.8 Å². The molecule has 0 atom stereocenters. The number of hydrogen-bond acceptors (Lipinski definition) is 3. The molecule has 1 aliphatic carbocycles. The van der Waals surface area contributed by atoms with Gasteiger partial charge < -0.3 is 5.11 Å². The monoisotopic (exact) mass is 278 g/mol. The van der Waals surface area contributed by atoms with Crippen molar-refractivity contribution in [3.05, 3.63) is 0 Å². The average Bonchev–Trinajstić information content (AvgIpc) is 2.17. The Labute approximate surface area is 111 Å². The number of aliphatic hydroxyl groups is 1. The van der Waals surface area contributed by atoms with Crippen LogP contribution >= 0.6 is 0 Å². The summed E-state index contributed by atoms with van der Waals surface area (Å²) in [4.78, 5) is 0. The Morgan fingerprint density at radius 3 is 2.22 bits per heavy atom. The minimum atomic E-state index is -3.55. The molecule has 0 saturated heterocycles. The van der Waals surface area contributed by atoms with Crippen molar-refractivity contribution >= 4 is 10.2 Å². The molecule has 0 aliphatic heterocycles. The van der Waals surface area contributed by atoms with Gasteiger partial charge in [-0.3, -0.25) is 0 Å². The lowest BCUT2D eigenvalue weighted by atomic mass is 9.80. The Morgan fingerprint density at radius 1 is 1.28 bits per heavy atom. The topological polar surface area (TPSA) is 78.4 Å². The zero-order valence-electron chi connectivity index (χ0n) is 11.8. The third kappa shape index (κ3) is 5.65. The first-order valence-corrected chi connectivity index (χ1v) is 8.01. The lowest BCUT2D eigenvalue weighted by Gasteiger charge is -2.35. The second-order valence-electron chi connectivity index (χ2n) is 6.58. The van der Waals surface area contributed by atoms with E-state index in [4.69, 9.17) is 0 Å². The molecular weight excluding hydrogens is 252 g/mol. The Kier molecular flexibility index (Phi) is 4.81. The fraction of sp³-hybridized carbons (Fsp3) is 1.00. The highest BCUT2D eigenvalue weighted by Gasteiger charge is 2.33. The first-order valence-electron chi connectivity index (χ1n) is 6.52. The summed E-state index contributed by atoms with van der Waals surface area (Å²) >= 11 is 0. The highest BCUT2D eigenvalue weighted by Crippen LogP contribution is 2.31. The van der Waals surface area contributed by atoms with E-state index in [0.717, 1.165) is 12.8 Å². The maximum Gasteiger partial charge on any atom is 0.277 e. The molecule has 0 unspecified atom stereocenters. The molecule has 6 heteroatoms. The van der Waals surface area contributed by atoms with Crippen molar-refractivity contribution in [2.75, 3.05) is 6.54 Å². The second kappa shape index (κ2) is 5.45. The highest BCUT2D eigenvalue weighted by atomic mass is 32.2. The van der Waals surface area contributed by atoms with Gasteiger partial charge in [0.1, 0.15) is 0 Å².